The summed E-state index contributed by atoms with van der Waals surface area (Å²) in [5.41, 5.74) is -0.180. The van der Waals surface area contributed by atoms with Crippen LogP contribution in [0, 0.1) is 34.9 Å². The van der Waals surface area contributed by atoms with Crippen LogP contribution in [0.25, 0.3) is 0 Å². The Morgan fingerprint density at radius 1 is 1.25 bits per heavy atom. The van der Waals surface area contributed by atoms with E-state index in [9.17, 15) is 18.7 Å². The third-order valence-corrected chi connectivity index (χ3v) is 7.59. The van der Waals surface area contributed by atoms with Gasteiger partial charge >= 0.3 is 0 Å². The molecule has 1 aromatic heterocycles. The van der Waals surface area contributed by atoms with Crippen LogP contribution in [-0.4, -0.2) is 41.2 Å². The summed E-state index contributed by atoms with van der Waals surface area (Å²) in [5.74, 6) is -0.0665. The van der Waals surface area contributed by atoms with E-state index in [-0.39, 0.29) is 41.0 Å². The lowest BCUT2D eigenvalue weighted by Crippen LogP contribution is -2.60. The Labute approximate surface area is 163 Å². The number of rotatable bonds is 3. The minimum absolute atomic E-state index is 0.0816. The molecule has 2 heterocycles. The third kappa shape index (κ3) is 2.98. The minimum atomic E-state index is -0.677. The summed E-state index contributed by atoms with van der Waals surface area (Å²) < 4.78 is 27.6. The van der Waals surface area contributed by atoms with Gasteiger partial charge in [0, 0.05) is 25.2 Å². The standard InChI is InChI=1S/C21H27F2N3O2/c22-15-6-17(19(23)24-10-15)26-3-1-2-16(11-26)25-20(28)21-7-12-4-13(8-21)18(27)14(5-12)9-21/h6,10,12-14,16,18,27H,1-5,7-9,11H2,(H,25,28)/t12?,13?,14?,16-,18?,21?/m0/s1. The molecule has 0 aromatic carbocycles. The molecule has 28 heavy (non-hydrogen) atoms. The van der Waals surface area contributed by atoms with Crippen LogP contribution >= 0.6 is 0 Å². The zero-order valence-electron chi connectivity index (χ0n) is 15.9. The lowest BCUT2D eigenvalue weighted by Gasteiger charge is -2.58. The smallest absolute Gasteiger partial charge is 0.236 e. The van der Waals surface area contributed by atoms with Crippen molar-refractivity contribution >= 4 is 11.6 Å². The van der Waals surface area contributed by atoms with Crippen LogP contribution in [0.3, 0.4) is 0 Å². The summed E-state index contributed by atoms with van der Waals surface area (Å²) in [6, 6.07) is 1.09. The van der Waals surface area contributed by atoms with Gasteiger partial charge in [0.25, 0.3) is 0 Å². The van der Waals surface area contributed by atoms with Crippen LogP contribution in [-0.2, 0) is 4.79 Å². The first-order chi connectivity index (χ1) is 13.4. The quantitative estimate of drug-likeness (QED) is 0.778. The van der Waals surface area contributed by atoms with Gasteiger partial charge < -0.3 is 15.3 Å². The fraction of sp³-hybridized carbons (Fsp3) is 0.714. The number of piperidine rings is 1. The molecule has 4 aliphatic carbocycles. The van der Waals surface area contributed by atoms with Crippen LogP contribution in [0.4, 0.5) is 14.5 Å². The Morgan fingerprint density at radius 3 is 2.75 bits per heavy atom. The predicted octanol–water partition coefficient (Wildman–Crippen LogP) is 2.63. The number of amides is 1. The van der Waals surface area contributed by atoms with E-state index in [1.807, 2.05) is 0 Å². The summed E-state index contributed by atoms with van der Waals surface area (Å²) in [6.45, 7) is 1.08. The summed E-state index contributed by atoms with van der Waals surface area (Å²) in [7, 11) is 0. The van der Waals surface area contributed by atoms with E-state index in [2.05, 4.69) is 10.3 Å². The Bertz CT molecular complexity index is 773. The van der Waals surface area contributed by atoms with Crippen molar-refractivity contribution in [3.63, 3.8) is 0 Å². The number of anilines is 1. The molecule has 3 atom stereocenters. The van der Waals surface area contributed by atoms with Crippen LogP contribution in [0.15, 0.2) is 12.3 Å². The summed E-state index contributed by atoms with van der Waals surface area (Å²) >= 11 is 0. The molecule has 1 amide bonds. The van der Waals surface area contributed by atoms with Crippen molar-refractivity contribution < 1.29 is 18.7 Å². The maximum Gasteiger partial charge on any atom is 0.236 e. The summed E-state index contributed by atoms with van der Waals surface area (Å²) in [5, 5.41) is 13.7. The van der Waals surface area contributed by atoms with E-state index in [4.69, 9.17) is 0 Å². The molecule has 1 aromatic rings. The predicted molar refractivity (Wildman–Crippen MR) is 99.5 cm³/mol. The van der Waals surface area contributed by atoms with Gasteiger partial charge in [-0.15, -0.1) is 0 Å². The molecule has 5 aliphatic rings. The first kappa shape index (κ1) is 18.3. The zero-order chi connectivity index (χ0) is 19.5. The lowest BCUT2D eigenvalue weighted by atomic mass is 9.48. The van der Waals surface area contributed by atoms with Gasteiger partial charge in [0.05, 0.1) is 23.4 Å². The second kappa shape index (κ2) is 6.65. The number of hydrogen-bond donors (Lipinski definition) is 2. The molecular weight excluding hydrogens is 364 g/mol. The molecule has 5 nitrogen and oxygen atoms in total. The largest absolute Gasteiger partial charge is 0.393 e. The summed E-state index contributed by atoms with van der Waals surface area (Å²) in [6.07, 6.45) is 6.87. The molecule has 1 saturated heterocycles. The van der Waals surface area contributed by atoms with Gasteiger partial charge in [-0.25, -0.2) is 9.37 Å². The number of aliphatic hydroxyl groups is 1. The minimum Gasteiger partial charge on any atom is -0.393 e. The number of nitrogens with zero attached hydrogens (tertiary/aromatic N) is 2. The van der Waals surface area contributed by atoms with Gasteiger partial charge in [0.2, 0.25) is 11.9 Å². The van der Waals surface area contributed by atoms with E-state index in [1.165, 1.54) is 6.07 Å². The highest BCUT2D eigenvalue weighted by Crippen LogP contribution is 2.60. The number of carbonyl (C=O) groups excluding carboxylic acids is 1. The van der Waals surface area contributed by atoms with Gasteiger partial charge in [-0.3, -0.25) is 4.79 Å². The fourth-order valence-corrected chi connectivity index (χ4v) is 6.56. The Kier molecular flexibility index (Phi) is 4.34. The first-order valence-corrected chi connectivity index (χ1v) is 10.5. The van der Waals surface area contributed by atoms with Crippen molar-refractivity contribution in [2.75, 3.05) is 18.0 Å². The molecule has 2 N–H and O–H groups in total. The second-order valence-electron chi connectivity index (χ2n) is 9.46. The van der Waals surface area contributed by atoms with E-state index in [1.54, 1.807) is 4.90 Å². The van der Waals surface area contributed by atoms with Crippen molar-refractivity contribution in [1.82, 2.24) is 10.3 Å². The van der Waals surface area contributed by atoms with Gasteiger partial charge in [0.1, 0.15) is 5.82 Å². The topological polar surface area (TPSA) is 65.5 Å². The highest BCUT2D eigenvalue weighted by Gasteiger charge is 2.58. The van der Waals surface area contributed by atoms with E-state index >= 15 is 0 Å². The number of halogens is 2. The molecule has 0 radical (unpaired) electrons. The van der Waals surface area contributed by atoms with Crippen molar-refractivity contribution in [2.24, 2.45) is 23.2 Å². The van der Waals surface area contributed by atoms with E-state index < -0.39 is 11.8 Å². The molecule has 1 aliphatic heterocycles. The lowest BCUT2D eigenvalue weighted by molar-refractivity contribution is -0.163. The number of carbonyl (C=O) groups is 1. The average molecular weight is 391 g/mol. The van der Waals surface area contributed by atoms with Gasteiger partial charge in [-0.1, -0.05) is 0 Å². The fourth-order valence-electron chi connectivity index (χ4n) is 6.56. The summed E-state index contributed by atoms with van der Waals surface area (Å²) in [4.78, 5) is 18.5. The van der Waals surface area contributed by atoms with Crippen LogP contribution in [0.5, 0.6) is 0 Å². The Morgan fingerprint density at radius 2 is 2.00 bits per heavy atom. The molecule has 0 spiro atoms. The highest BCUT2D eigenvalue weighted by molar-refractivity contribution is 5.83. The van der Waals surface area contributed by atoms with E-state index in [0.29, 0.717) is 19.0 Å². The van der Waals surface area contributed by atoms with Crippen molar-refractivity contribution in [3.05, 3.63) is 24.0 Å². The monoisotopic (exact) mass is 391 g/mol. The molecular formula is C21H27F2N3O2. The molecule has 2 unspecified atom stereocenters. The number of nitrogens with one attached hydrogen (secondary N) is 1. The first-order valence-electron chi connectivity index (χ1n) is 10.5. The molecule has 152 valence electrons. The molecule has 4 saturated carbocycles. The van der Waals surface area contributed by atoms with Crippen LogP contribution in [0.1, 0.15) is 44.9 Å². The van der Waals surface area contributed by atoms with Gasteiger partial charge in [-0.2, -0.15) is 4.39 Å². The molecule has 4 bridgehead atoms. The molecule has 7 heteroatoms. The Balaban J connectivity index is 1.29. The van der Waals surface area contributed by atoms with Gasteiger partial charge in [-0.05, 0) is 62.7 Å². The van der Waals surface area contributed by atoms with E-state index in [0.717, 1.165) is 51.1 Å². The number of aromatic nitrogens is 1. The van der Waals surface area contributed by atoms with Gasteiger partial charge in [0.15, 0.2) is 0 Å². The number of pyridine rings is 1. The second-order valence-corrected chi connectivity index (χ2v) is 9.46. The average Bonchev–Trinajstić information content (AvgIpc) is 2.67. The number of hydrogen-bond acceptors (Lipinski definition) is 4. The molecule has 5 fully saturated rings. The van der Waals surface area contributed by atoms with Crippen LogP contribution in [0.2, 0.25) is 0 Å². The third-order valence-electron chi connectivity index (χ3n) is 7.59. The number of aliphatic hydroxyl groups excluding tert-OH is 1. The van der Waals surface area contributed by atoms with Crippen molar-refractivity contribution in [1.29, 1.82) is 0 Å². The maximum absolute atomic E-state index is 14.1. The normalized spacial score (nSPS) is 39.2. The highest BCUT2D eigenvalue weighted by atomic mass is 19.1. The SMILES string of the molecule is O=C(N[C@H]1CCCN(c2cc(F)cnc2F)C1)C12CC3CC(C1)C(O)C(C3)C2. The van der Waals surface area contributed by atoms with Crippen LogP contribution < -0.4 is 10.2 Å². The van der Waals surface area contributed by atoms with Crippen molar-refractivity contribution in [3.8, 4) is 0 Å². The Hall–Kier alpha value is -1.76. The maximum atomic E-state index is 14.1. The molecule has 6 rings (SSSR count). The zero-order valence-corrected chi connectivity index (χ0v) is 15.9. The van der Waals surface area contributed by atoms with Crippen molar-refractivity contribution in [2.45, 2.75) is 57.1 Å².